The third-order valence-electron chi connectivity index (χ3n) is 3.32. The molecule has 0 amide bonds. The molecule has 0 fully saturated rings. The SMILES string of the molecule is CCNC(Cc1ccncc1Cl)c1ccc(OCC)cc1. The molecule has 1 unspecified atom stereocenters. The van der Waals surface area contributed by atoms with Gasteiger partial charge in [0.1, 0.15) is 5.75 Å². The lowest BCUT2D eigenvalue weighted by atomic mass is 9.99. The Hall–Kier alpha value is -1.58. The summed E-state index contributed by atoms with van der Waals surface area (Å²) < 4.78 is 5.49. The van der Waals surface area contributed by atoms with Crippen molar-refractivity contribution >= 4 is 11.6 Å². The molecule has 0 aliphatic rings. The summed E-state index contributed by atoms with van der Waals surface area (Å²) in [5.74, 6) is 0.901. The zero-order valence-electron chi connectivity index (χ0n) is 12.5. The first kappa shape index (κ1) is 15.8. The minimum Gasteiger partial charge on any atom is -0.494 e. The first-order valence-electron chi connectivity index (χ1n) is 7.29. The van der Waals surface area contributed by atoms with Gasteiger partial charge < -0.3 is 10.1 Å². The Kier molecular flexibility index (Phi) is 6.03. The number of likely N-dealkylation sites (N-methyl/N-ethyl adjacent to an activating group) is 1. The largest absolute Gasteiger partial charge is 0.494 e. The molecule has 0 aliphatic heterocycles. The predicted octanol–water partition coefficient (Wildman–Crippen LogP) is 4.03. The second-order valence-corrected chi connectivity index (χ2v) is 5.19. The van der Waals surface area contributed by atoms with Gasteiger partial charge in [-0.25, -0.2) is 0 Å². The summed E-state index contributed by atoms with van der Waals surface area (Å²) in [7, 11) is 0. The topological polar surface area (TPSA) is 34.2 Å². The van der Waals surface area contributed by atoms with Crippen LogP contribution in [0.5, 0.6) is 5.75 Å². The minimum atomic E-state index is 0.227. The standard InChI is InChI=1S/C17H21ClN2O/c1-3-20-17(11-14-9-10-19-12-16(14)18)13-5-7-15(8-6-13)21-4-2/h5-10,12,17,20H,3-4,11H2,1-2H3. The van der Waals surface area contributed by atoms with Crippen molar-refractivity contribution in [1.29, 1.82) is 0 Å². The van der Waals surface area contributed by atoms with Gasteiger partial charge in [-0.2, -0.15) is 0 Å². The van der Waals surface area contributed by atoms with Crippen molar-refractivity contribution in [2.75, 3.05) is 13.2 Å². The van der Waals surface area contributed by atoms with Gasteiger partial charge in [0.15, 0.2) is 0 Å². The van der Waals surface area contributed by atoms with Crippen molar-refractivity contribution in [3.63, 3.8) is 0 Å². The van der Waals surface area contributed by atoms with Crippen LogP contribution in [0.3, 0.4) is 0 Å². The van der Waals surface area contributed by atoms with E-state index in [2.05, 4.69) is 29.4 Å². The summed E-state index contributed by atoms with van der Waals surface area (Å²) in [6, 6.07) is 10.4. The second kappa shape index (κ2) is 8.01. The lowest BCUT2D eigenvalue weighted by molar-refractivity contribution is 0.340. The third kappa shape index (κ3) is 4.45. The number of aromatic nitrogens is 1. The van der Waals surface area contributed by atoms with Gasteiger partial charge in [0.2, 0.25) is 0 Å². The van der Waals surface area contributed by atoms with Crippen LogP contribution in [0.15, 0.2) is 42.7 Å². The number of hydrogen-bond acceptors (Lipinski definition) is 3. The number of nitrogens with one attached hydrogen (secondary N) is 1. The Balaban J connectivity index is 2.16. The highest BCUT2D eigenvalue weighted by Gasteiger charge is 2.13. The summed E-state index contributed by atoms with van der Waals surface area (Å²) in [5, 5.41) is 4.22. The van der Waals surface area contributed by atoms with Crippen molar-refractivity contribution in [2.45, 2.75) is 26.3 Å². The normalized spacial score (nSPS) is 12.1. The molecule has 3 nitrogen and oxygen atoms in total. The molecule has 112 valence electrons. The summed E-state index contributed by atoms with van der Waals surface area (Å²) in [6.07, 6.45) is 4.31. The molecule has 0 bridgehead atoms. The first-order valence-corrected chi connectivity index (χ1v) is 7.67. The van der Waals surface area contributed by atoms with Gasteiger partial charge >= 0.3 is 0 Å². The van der Waals surface area contributed by atoms with E-state index in [1.165, 1.54) is 5.56 Å². The van der Waals surface area contributed by atoms with Gasteiger partial charge in [0.05, 0.1) is 11.6 Å². The average Bonchev–Trinajstić information content (AvgIpc) is 2.50. The van der Waals surface area contributed by atoms with E-state index in [0.29, 0.717) is 11.6 Å². The van der Waals surface area contributed by atoms with Crippen LogP contribution in [-0.2, 0) is 6.42 Å². The summed E-state index contributed by atoms with van der Waals surface area (Å²) in [5.41, 5.74) is 2.33. The fourth-order valence-corrected chi connectivity index (χ4v) is 2.50. The number of ether oxygens (including phenoxy) is 1. The number of pyridine rings is 1. The fourth-order valence-electron chi connectivity index (χ4n) is 2.31. The van der Waals surface area contributed by atoms with Crippen molar-refractivity contribution in [2.24, 2.45) is 0 Å². The molecular weight excluding hydrogens is 284 g/mol. The molecule has 0 spiro atoms. The van der Waals surface area contributed by atoms with Crippen molar-refractivity contribution < 1.29 is 4.74 Å². The molecule has 1 heterocycles. The highest BCUT2D eigenvalue weighted by atomic mass is 35.5. The van der Waals surface area contributed by atoms with E-state index < -0.39 is 0 Å². The minimum absolute atomic E-state index is 0.227. The van der Waals surface area contributed by atoms with Crippen molar-refractivity contribution in [3.05, 3.63) is 58.9 Å². The highest BCUT2D eigenvalue weighted by Crippen LogP contribution is 2.24. The van der Waals surface area contributed by atoms with E-state index in [0.717, 1.165) is 24.3 Å². The van der Waals surface area contributed by atoms with E-state index >= 15 is 0 Å². The van der Waals surface area contributed by atoms with Gasteiger partial charge in [0.25, 0.3) is 0 Å². The van der Waals surface area contributed by atoms with Crippen LogP contribution in [-0.4, -0.2) is 18.1 Å². The smallest absolute Gasteiger partial charge is 0.119 e. The average molecular weight is 305 g/mol. The number of rotatable bonds is 7. The quantitative estimate of drug-likeness (QED) is 0.838. The van der Waals surface area contributed by atoms with Crippen LogP contribution in [0.2, 0.25) is 5.02 Å². The zero-order chi connectivity index (χ0) is 15.1. The third-order valence-corrected chi connectivity index (χ3v) is 3.66. The Labute approximate surface area is 131 Å². The second-order valence-electron chi connectivity index (χ2n) is 4.78. The molecule has 0 saturated carbocycles. The lowest BCUT2D eigenvalue weighted by Gasteiger charge is -2.19. The molecule has 2 aromatic rings. The zero-order valence-corrected chi connectivity index (χ0v) is 13.2. The number of halogens is 1. The van der Waals surface area contributed by atoms with Crippen molar-refractivity contribution in [3.8, 4) is 5.75 Å². The first-order chi connectivity index (χ1) is 10.2. The maximum atomic E-state index is 6.21. The fraction of sp³-hybridized carbons (Fsp3) is 0.353. The van der Waals surface area contributed by atoms with Gasteiger partial charge in [0, 0.05) is 18.4 Å². The number of hydrogen-bond donors (Lipinski definition) is 1. The number of benzene rings is 1. The highest BCUT2D eigenvalue weighted by molar-refractivity contribution is 6.31. The molecule has 0 aliphatic carbocycles. The van der Waals surface area contributed by atoms with E-state index in [1.807, 2.05) is 25.1 Å². The van der Waals surface area contributed by atoms with Crippen molar-refractivity contribution in [1.82, 2.24) is 10.3 Å². The molecule has 1 N–H and O–H groups in total. The van der Waals surface area contributed by atoms with E-state index in [9.17, 15) is 0 Å². The summed E-state index contributed by atoms with van der Waals surface area (Å²) >= 11 is 6.21. The van der Waals surface area contributed by atoms with E-state index in [-0.39, 0.29) is 6.04 Å². The molecule has 4 heteroatoms. The maximum absolute atomic E-state index is 6.21. The molecule has 2 rings (SSSR count). The molecule has 1 atom stereocenters. The monoisotopic (exact) mass is 304 g/mol. The van der Waals surface area contributed by atoms with Gasteiger partial charge in [-0.05, 0) is 49.2 Å². The molecular formula is C17H21ClN2O. The van der Waals surface area contributed by atoms with Crippen LogP contribution in [0.1, 0.15) is 31.0 Å². The number of nitrogens with zero attached hydrogens (tertiary/aromatic N) is 1. The Bertz CT molecular complexity index is 557. The molecule has 0 saturated heterocycles. The van der Waals surface area contributed by atoms with Crippen LogP contribution < -0.4 is 10.1 Å². The van der Waals surface area contributed by atoms with Crippen LogP contribution in [0.4, 0.5) is 0 Å². The van der Waals surface area contributed by atoms with Gasteiger partial charge in [-0.1, -0.05) is 30.7 Å². The maximum Gasteiger partial charge on any atom is 0.119 e. The predicted molar refractivity (Wildman–Crippen MR) is 87.0 cm³/mol. The van der Waals surface area contributed by atoms with Crippen LogP contribution in [0, 0.1) is 0 Å². The summed E-state index contributed by atoms with van der Waals surface area (Å²) in [6.45, 7) is 5.68. The molecule has 1 aromatic heterocycles. The Morgan fingerprint density at radius 1 is 1.19 bits per heavy atom. The van der Waals surface area contributed by atoms with Crippen LogP contribution in [0.25, 0.3) is 0 Å². The Morgan fingerprint density at radius 3 is 2.57 bits per heavy atom. The summed E-state index contributed by atoms with van der Waals surface area (Å²) in [4.78, 5) is 4.03. The lowest BCUT2D eigenvalue weighted by Crippen LogP contribution is -2.23. The van der Waals surface area contributed by atoms with Crippen LogP contribution >= 0.6 is 11.6 Å². The molecule has 1 aromatic carbocycles. The van der Waals surface area contributed by atoms with E-state index in [4.69, 9.17) is 16.3 Å². The molecule has 21 heavy (non-hydrogen) atoms. The van der Waals surface area contributed by atoms with Gasteiger partial charge in [-0.15, -0.1) is 0 Å². The molecule has 0 radical (unpaired) electrons. The van der Waals surface area contributed by atoms with Gasteiger partial charge in [-0.3, -0.25) is 4.98 Å². The Morgan fingerprint density at radius 2 is 1.95 bits per heavy atom. The van der Waals surface area contributed by atoms with E-state index in [1.54, 1.807) is 12.4 Å².